The number of methoxy groups -OCH3 is 1. The van der Waals surface area contributed by atoms with Gasteiger partial charge in [0, 0.05) is 11.8 Å². The second-order valence-corrected chi connectivity index (χ2v) is 5.51. The molecule has 0 spiro atoms. The van der Waals surface area contributed by atoms with Gasteiger partial charge in [0.05, 0.1) is 19.2 Å². The second kappa shape index (κ2) is 6.13. The predicted molar refractivity (Wildman–Crippen MR) is 77.8 cm³/mol. The Bertz CT molecular complexity index is 640. The molecule has 0 radical (unpaired) electrons. The normalized spacial score (nSPS) is 16.5. The Kier molecular flexibility index (Phi) is 4.06. The molecule has 0 saturated heterocycles. The van der Waals surface area contributed by atoms with Crippen LogP contribution in [0, 0.1) is 0 Å². The molecule has 0 aliphatic carbocycles. The number of thiazole rings is 1. The summed E-state index contributed by atoms with van der Waals surface area (Å²) in [6, 6.07) is 7.59. The van der Waals surface area contributed by atoms with Gasteiger partial charge >= 0.3 is 5.97 Å². The van der Waals surface area contributed by atoms with E-state index in [2.05, 4.69) is 9.72 Å². The summed E-state index contributed by atoms with van der Waals surface area (Å²) < 4.78 is 16.2. The van der Waals surface area contributed by atoms with Gasteiger partial charge in [0.2, 0.25) is 0 Å². The third-order valence-electron chi connectivity index (χ3n) is 3.17. The minimum atomic E-state index is -0.226. The summed E-state index contributed by atoms with van der Waals surface area (Å²) in [4.78, 5) is 15.7. The van der Waals surface area contributed by atoms with Crippen molar-refractivity contribution >= 4 is 17.3 Å². The van der Waals surface area contributed by atoms with Gasteiger partial charge in [-0.3, -0.25) is 4.79 Å². The van der Waals surface area contributed by atoms with E-state index in [1.807, 2.05) is 29.6 Å². The molecule has 1 aliphatic rings. The number of carbonyl (C=O) groups is 1. The van der Waals surface area contributed by atoms with E-state index in [9.17, 15) is 4.79 Å². The van der Waals surface area contributed by atoms with Crippen LogP contribution in [0.4, 0.5) is 0 Å². The van der Waals surface area contributed by atoms with Crippen molar-refractivity contribution in [3.63, 3.8) is 0 Å². The van der Waals surface area contributed by atoms with Gasteiger partial charge in [0.1, 0.15) is 11.6 Å². The van der Waals surface area contributed by atoms with Gasteiger partial charge in [-0.25, -0.2) is 4.98 Å². The number of carbonyl (C=O) groups excluding carboxylic acids is 1. The molecule has 1 aromatic heterocycles. The van der Waals surface area contributed by atoms with E-state index in [1.165, 1.54) is 18.4 Å². The summed E-state index contributed by atoms with van der Waals surface area (Å²) in [6.45, 7) is 0.445. The van der Waals surface area contributed by atoms with Crippen molar-refractivity contribution in [1.82, 2.24) is 4.98 Å². The van der Waals surface area contributed by atoms with Crippen LogP contribution in [0.5, 0.6) is 11.5 Å². The van der Waals surface area contributed by atoms with Crippen LogP contribution in [0.15, 0.2) is 29.6 Å². The molecule has 1 unspecified atom stereocenters. The van der Waals surface area contributed by atoms with Crippen LogP contribution in [0.1, 0.15) is 23.2 Å². The summed E-state index contributed by atoms with van der Waals surface area (Å²) >= 11 is 1.52. The number of fused-ring (bicyclic) bond motifs is 1. The summed E-state index contributed by atoms with van der Waals surface area (Å²) in [7, 11) is 1.39. The molecule has 0 fully saturated rings. The van der Waals surface area contributed by atoms with E-state index in [0.29, 0.717) is 19.4 Å². The van der Waals surface area contributed by atoms with E-state index in [4.69, 9.17) is 9.47 Å². The highest BCUT2D eigenvalue weighted by atomic mass is 32.1. The van der Waals surface area contributed by atoms with E-state index in [-0.39, 0.29) is 12.1 Å². The molecular weight excluding hydrogens is 290 g/mol. The Morgan fingerprint density at radius 1 is 1.43 bits per heavy atom. The minimum Gasteiger partial charge on any atom is -0.485 e. The maximum Gasteiger partial charge on any atom is 0.305 e. The van der Waals surface area contributed by atoms with E-state index in [1.54, 1.807) is 0 Å². The fourth-order valence-electron chi connectivity index (χ4n) is 2.06. The van der Waals surface area contributed by atoms with E-state index < -0.39 is 0 Å². The maximum atomic E-state index is 11.1. The van der Waals surface area contributed by atoms with Crippen LogP contribution < -0.4 is 9.47 Å². The Morgan fingerprint density at radius 2 is 2.24 bits per heavy atom. The van der Waals surface area contributed by atoms with Gasteiger partial charge in [0.15, 0.2) is 17.6 Å². The molecule has 2 aromatic rings. The second-order valence-electron chi connectivity index (χ2n) is 4.62. The molecular formula is C15H15NO4S. The number of rotatable bonds is 4. The number of hydrogen-bond acceptors (Lipinski definition) is 6. The van der Waals surface area contributed by atoms with Crippen molar-refractivity contribution in [2.75, 3.05) is 13.7 Å². The first kappa shape index (κ1) is 13.9. The molecule has 3 rings (SSSR count). The van der Waals surface area contributed by atoms with Crippen LogP contribution >= 0.6 is 11.3 Å². The molecule has 0 bridgehead atoms. The summed E-state index contributed by atoms with van der Waals surface area (Å²) in [5.74, 6) is 1.27. The maximum absolute atomic E-state index is 11.1. The number of benzene rings is 1. The van der Waals surface area contributed by atoms with Gasteiger partial charge in [0.25, 0.3) is 0 Å². The highest BCUT2D eigenvalue weighted by molar-refractivity contribution is 7.09. The number of ether oxygens (including phenoxy) is 3. The smallest absolute Gasteiger partial charge is 0.305 e. The summed E-state index contributed by atoms with van der Waals surface area (Å²) in [5.41, 5.74) is 0.878. The molecule has 5 nitrogen and oxygen atoms in total. The molecule has 1 aromatic carbocycles. The van der Waals surface area contributed by atoms with Gasteiger partial charge in [-0.2, -0.15) is 0 Å². The van der Waals surface area contributed by atoms with Crippen molar-refractivity contribution in [1.29, 1.82) is 0 Å². The highest BCUT2D eigenvalue weighted by Crippen LogP contribution is 2.36. The SMILES string of the molecule is COC(=O)CCc1csc(C2COc3ccccc3O2)n1. The standard InChI is InChI=1S/C15H15NO4S/c1-18-14(17)7-6-10-9-21-15(16-10)13-8-19-11-4-2-3-5-12(11)20-13/h2-5,9,13H,6-8H2,1H3. The van der Waals surface area contributed by atoms with E-state index >= 15 is 0 Å². The largest absolute Gasteiger partial charge is 0.485 e. The van der Waals surface area contributed by atoms with Crippen molar-refractivity contribution < 1.29 is 19.0 Å². The number of esters is 1. The number of nitrogens with zero attached hydrogens (tertiary/aromatic N) is 1. The lowest BCUT2D eigenvalue weighted by Crippen LogP contribution is -2.21. The fraction of sp³-hybridized carbons (Fsp3) is 0.333. The van der Waals surface area contributed by atoms with Crippen molar-refractivity contribution in [3.8, 4) is 11.5 Å². The topological polar surface area (TPSA) is 57.7 Å². The molecule has 6 heteroatoms. The third kappa shape index (κ3) is 3.16. The van der Waals surface area contributed by atoms with Crippen LogP contribution in [-0.2, 0) is 16.0 Å². The van der Waals surface area contributed by atoms with Crippen molar-refractivity contribution in [3.05, 3.63) is 40.3 Å². The van der Waals surface area contributed by atoms with Crippen molar-refractivity contribution in [2.45, 2.75) is 18.9 Å². The predicted octanol–water partition coefficient (Wildman–Crippen LogP) is 2.76. The average Bonchev–Trinajstić information content (AvgIpc) is 3.01. The Hall–Kier alpha value is -2.08. The monoisotopic (exact) mass is 305 g/mol. The molecule has 1 atom stereocenters. The lowest BCUT2D eigenvalue weighted by Gasteiger charge is -2.24. The molecule has 2 heterocycles. The summed E-state index contributed by atoms with van der Waals surface area (Å²) in [5, 5.41) is 2.81. The molecule has 110 valence electrons. The molecule has 0 amide bonds. The zero-order valence-electron chi connectivity index (χ0n) is 11.6. The molecule has 1 aliphatic heterocycles. The summed E-state index contributed by atoms with van der Waals surface area (Å²) in [6.07, 6.45) is 0.717. The van der Waals surface area contributed by atoms with Gasteiger partial charge in [-0.15, -0.1) is 11.3 Å². The average molecular weight is 305 g/mol. The molecule has 21 heavy (non-hydrogen) atoms. The third-order valence-corrected chi connectivity index (χ3v) is 4.15. The van der Waals surface area contributed by atoms with Crippen molar-refractivity contribution in [2.24, 2.45) is 0 Å². The molecule has 0 saturated carbocycles. The Morgan fingerprint density at radius 3 is 3.05 bits per heavy atom. The van der Waals surface area contributed by atoms with Crippen LogP contribution in [-0.4, -0.2) is 24.7 Å². The van der Waals surface area contributed by atoms with Gasteiger partial charge < -0.3 is 14.2 Å². The van der Waals surface area contributed by atoms with Crippen LogP contribution in [0.25, 0.3) is 0 Å². The van der Waals surface area contributed by atoms with Gasteiger partial charge in [-0.05, 0) is 12.1 Å². The first-order chi connectivity index (χ1) is 10.3. The Balaban J connectivity index is 1.66. The first-order valence-electron chi connectivity index (χ1n) is 6.66. The lowest BCUT2D eigenvalue weighted by atomic mass is 10.2. The number of para-hydroxylation sites is 2. The zero-order chi connectivity index (χ0) is 14.7. The number of aromatic nitrogens is 1. The van der Waals surface area contributed by atoms with Gasteiger partial charge in [-0.1, -0.05) is 12.1 Å². The Labute approximate surface area is 126 Å². The number of aryl methyl sites for hydroxylation is 1. The fourth-order valence-corrected chi connectivity index (χ4v) is 2.92. The van der Waals surface area contributed by atoms with E-state index in [0.717, 1.165) is 22.2 Å². The highest BCUT2D eigenvalue weighted by Gasteiger charge is 2.24. The number of hydrogen-bond donors (Lipinski definition) is 0. The minimum absolute atomic E-state index is 0.197. The molecule has 0 N–H and O–H groups in total. The van der Waals surface area contributed by atoms with Crippen LogP contribution in [0.3, 0.4) is 0 Å². The lowest BCUT2D eigenvalue weighted by molar-refractivity contribution is -0.140. The van der Waals surface area contributed by atoms with Crippen LogP contribution in [0.2, 0.25) is 0 Å². The zero-order valence-corrected chi connectivity index (χ0v) is 12.4. The quantitative estimate of drug-likeness (QED) is 0.813. The first-order valence-corrected chi connectivity index (χ1v) is 7.54.